The van der Waals surface area contributed by atoms with Crippen molar-refractivity contribution in [3.05, 3.63) is 24.0 Å². The van der Waals surface area contributed by atoms with Crippen molar-refractivity contribution >= 4 is 23.4 Å². The van der Waals surface area contributed by atoms with E-state index in [4.69, 9.17) is 0 Å². The minimum atomic E-state index is -0.101. The maximum Gasteiger partial charge on any atom is 0.270 e. The van der Waals surface area contributed by atoms with Gasteiger partial charge in [0.2, 0.25) is 0 Å². The number of nitrogens with zero attached hydrogens (tertiary/aromatic N) is 1. The van der Waals surface area contributed by atoms with Gasteiger partial charge in [-0.3, -0.25) is 4.79 Å². The van der Waals surface area contributed by atoms with E-state index in [9.17, 15) is 4.79 Å². The van der Waals surface area contributed by atoms with Crippen molar-refractivity contribution < 1.29 is 4.79 Å². The lowest BCUT2D eigenvalue weighted by Crippen LogP contribution is -2.33. The summed E-state index contributed by atoms with van der Waals surface area (Å²) in [6.45, 7) is 5.04. The second-order valence-electron chi connectivity index (χ2n) is 4.51. The average molecular weight is 281 g/mol. The van der Waals surface area contributed by atoms with Crippen molar-refractivity contribution in [1.82, 2.24) is 10.3 Å². The summed E-state index contributed by atoms with van der Waals surface area (Å²) in [6, 6.07) is 3.83. The number of rotatable bonds is 8. The van der Waals surface area contributed by atoms with Crippen LogP contribution >= 0.6 is 11.8 Å². The van der Waals surface area contributed by atoms with Gasteiger partial charge in [-0.15, -0.1) is 0 Å². The molecule has 4 nitrogen and oxygen atoms in total. The third-order valence-electron chi connectivity index (χ3n) is 2.71. The number of thioether (sulfide) groups is 1. The van der Waals surface area contributed by atoms with Gasteiger partial charge < -0.3 is 10.6 Å². The fourth-order valence-corrected chi connectivity index (χ4v) is 2.16. The van der Waals surface area contributed by atoms with E-state index >= 15 is 0 Å². The third-order valence-corrected chi connectivity index (χ3v) is 3.35. The highest BCUT2D eigenvalue weighted by Gasteiger charge is 2.10. The Morgan fingerprint density at radius 2 is 2.26 bits per heavy atom. The van der Waals surface area contributed by atoms with Gasteiger partial charge in [-0.2, -0.15) is 11.8 Å². The number of anilines is 1. The molecule has 0 saturated carbocycles. The van der Waals surface area contributed by atoms with E-state index in [0.717, 1.165) is 30.8 Å². The number of carbonyl (C=O) groups excluding carboxylic acids is 1. The smallest absolute Gasteiger partial charge is 0.270 e. The van der Waals surface area contributed by atoms with Gasteiger partial charge in [-0.25, -0.2) is 4.98 Å². The molecule has 1 atom stereocenters. The summed E-state index contributed by atoms with van der Waals surface area (Å²) in [5, 5.41) is 6.19. The van der Waals surface area contributed by atoms with Gasteiger partial charge in [0.1, 0.15) is 5.69 Å². The van der Waals surface area contributed by atoms with E-state index in [0.29, 0.717) is 5.69 Å². The van der Waals surface area contributed by atoms with Gasteiger partial charge in [0.05, 0.1) is 11.9 Å². The highest BCUT2D eigenvalue weighted by Crippen LogP contribution is 2.07. The molecule has 0 fully saturated rings. The molecule has 0 aliphatic rings. The van der Waals surface area contributed by atoms with E-state index in [2.05, 4.69) is 28.8 Å². The van der Waals surface area contributed by atoms with E-state index in [1.54, 1.807) is 24.0 Å². The van der Waals surface area contributed by atoms with Crippen LogP contribution in [-0.4, -0.2) is 35.5 Å². The molecule has 0 bridgehead atoms. The van der Waals surface area contributed by atoms with Crippen LogP contribution in [0.5, 0.6) is 0 Å². The first-order valence-electron chi connectivity index (χ1n) is 6.67. The predicted molar refractivity (Wildman–Crippen MR) is 82.9 cm³/mol. The summed E-state index contributed by atoms with van der Waals surface area (Å²) in [7, 11) is 0. The minimum Gasteiger partial charge on any atom is -0.384 e. The first kappa shape index (κ1) is 15.8. The molecular weight excluding hydrogens is 258 g/mol. The Kier molecular flexibility index (Phi) is 7.33. The number of nitrogens with one attached hydrogen (secondary N) is 2. The molecule has 5 heteroatoms. The molecule has 1 aromatic rings. The lowest BCUT2D eigenvalue weighted by atomic mass is 10.2. The molecule has 0 aliphatic heterocycles. The monoisotopic (exact) mass is 281 g/mol. The quantitative estimate of drug-likeness (QED) is 0.769. The first-order chi connectivity index (χ1) is 9.17. The van der Waals surface area contributed by atoms with E-state index in [1.807, 2.05) is 13.0 Å². The van der Waals surface area contributed by atoms with Crippen molar-refractivity contribution in [1.29, 1.82) is 0 Å². The summed E-state index contributed by atoms with van der Waals surface area (Å²) in [5.41, 5.74) is 1.42. The lowest BCUT2D eigenvalue weighted by Gasteiger charge is -2.13. The van der Waals surface area contributed by atoms with Crippen LogP contribution in [0.4, 0.5) is 5.69 Å². The van der Waals surface area contributed by atoms with Crippen LogP contribution in [0.1, 0.15) is 37.2 Å². The summed E-state index contributed by atoms with van der Waals surface area (Å²) in [6.07, 6.45) is 5.81. The Bertz CT molecular complexity index is 381. The molecule has 0 radical (unpaired) electrons. The fraction of sp³-hybridized carbons (Fsp3) is 0.571. The normalized spacial score (nSPS) is 11.9. The third kappa shape index (κ3) is 5.96. The van der Waals surface area contributed by atoms with Crippen LogP contribution in [0.2, 0.25) is 0 Å². The second-order valence-corrected chi connectivity index (χ2v) is 5.50. The van der Waals surface area contributed by atoms with Crippen molar-refractivity contribution in [3.8, 4) is 0 Å². The Labute approximate surface area is 119 Å². The molecule has 1 amide bonds. The summed E-state index contributed by atoms with van der Waals surface area (Å²) in [4.78, 5) is 16.1. The number of pyridine rings is 1. The highest BCUT2D eigenvalue weighted by atomic mass is 32.2. The zero-order valence-corrected chi connectivity index (χ0v) is 12.7. The van der Waals surface area contributed by atoms with Crippen LogP contribution < -0.4 is 10.6 Å². The van der Waals surface area contributed by atoms with E-state index < -0.39 is 0 Å². The molecule has 0 saturated heterocycles. The van der Waals surface area contributed by atoms with Crippen LogP contribution in [0.25, 0.3) is 0 Å². The van der Waals surface area contributed by atoms with Crippen LogP contribution in [0, 0.1) is 0 Å². The molecule has 19 heavy (non-hydrogen) atoms. The van der Waals surface area contributed by atoms with Crippen LogP contribution in [0.3, 0.4) is 0 Å². The predicted octanol–water partition coefficient (Wildman–Crippen LogP) is 2.77. The maximum atomic E-state index is 11.9. The van der Waals surface area contributed by atoms with Gasteiger partial charge in [-0.05, 0) is 43.9 Å². The SMILES string of the molecule is CCCNc1ccc(C(=O)NC(C)CCSC)nc1. The van der Waals surface area contributed by atoms with Gasteiger partial charge in [0, 0.05) is 12.6 Å². The number of hydrogen-bond acceptors (Lipinski definition) is 4. The second kappa shape index (κ2) is 8.80. The number of aromatic nitrogens is 1. The molecule has 0 aromatic carbocycles. The zero-order chi connectivity index (χ0) is 14.1. The van der Waals surface area contributed by atoms with Crippen molar-refractivity contribution in [2.75, 3.05) is 23.9 Å². The fourth-order valence-electron chi connectivity index (χ4n) is 1.57. The van der Waals surface area contributed by atoms with Gasteiger partial charge in [-0.1, -0.05) is 6.92 Å². The zero-order valence-electron chi connectivity index (χ0n) is 11.9. The van der Waals surface area contributed by atoms with Crippen molar-refractivity contribution in [2.45, 2.75) is 32.7 Å². The summed E-state index contributed by atoms with van der Waals surface area (Å²) >= 11 is 1.79. The molecule has 2 N–H and O–H groups in total. The Morgan fingerprint density at radius 1 is 1.47 bits per heavy atom. The molecule has 1 unspecified atom stereocenters. The summed E-state index contributed by atoms with van der Waals surface area (Å²) < 4.78 is 0. The standard InChI is InChI=1S/C14H23N3OS/c1-4-8-15-12-5-6-13(16-10-12)14(18)17-11(2)7-9-19-3/h5-6,10-11,15H,4,7-9H2,1-3H3,(H,17,18). The largest absolute Gasteiger partial charge is 0.384 e. The molecule has 106 valence electrons. The molecule has 1 heterocycles. The molecule has 1 aromatic heterocycles. The van der Waals surface area contributed by atoms with Gasteiger partial charge in [0.15, 0.2) is 0 Å². The summed E-state index contributed by atoms with van der Waals surface area (Å²) in [5.74, 6) is 0.949. The Morgan fingerprint density at radius 3 is 2.84 bits per heavy atom. The van der Waals surface area contributed by atoms with E-state index in [1.165, 1.54) is 0 Å². The average Bonchev–Trinajstić information content (AvgIpc) is 2.43. The van der Waals surface area contributed by atoms with Crippen molar-refractivity contribution in [3.63, 3.8) is 0 Å². The molecular formula is C14H23N3OS. The minimum absolute atomic E-state index is 0.101. The maximum absolute atomic E-state index is 11.9. The Balaban J connectivity index is 2.48. The van der Waals surface area contributed by atoms with Crippen LogP contribution in [-0.2, 0) is 0 Å². The number of hydrogen-bond donors (Lipinski definition) is 2. The Hall–Kier alpha value is -1.23. The van der Waals surface area contributed by atoms with Gasteiger partial charge >= 0.3 is 0 Å². The van der Waals surface area contributed by atoms with Crippen LogP contribution in [0.15, 0.2) is 18.3 Å². The number of carbonyl (C=O) groups is 1. The van der Waals surface area contributed by atoms with Crippen molar-refractivity contribution in [2.24, 2.45) is 0 Å². The lowest BCUT2D eigenvalue weighted by molar-refractivity contribution is 0.0934. The molecule has 0 aliphatic carbocycles. The molecule has 0 spiro atoms. The molecule has 1 rings (SSSR count). The number of amides is 1. The topological polar surface area (TPSA) is 54.0 Å². The van der Waals surface area contributed by atoms with E-state index in [-0.39, 0.29) is 11.9 Å². The first-order valence-corrected chi connectivity index (χ1v) is 8.06. The highest BCUT2D eigenvalue weighted by molar-refractivity contribution is 7.98. The van der Waals surface area contributed by atoms with Gasteiger partial charge in [0.25, 0.3) is 5.91 Å².